The van der Waals surface area contributed by atoms with Crippen LogP contribution in [-0.2, 0) is 24.3 Å². The zero-order valence-electron chi connectivity index (χ0n) is 18.3. The fraction of sp³-hybridized carbons (Fsp3) is 0.192. The van der Waals surface area contributed by atoms with E-state index in [0.29, 0.717) is 26.1 Å². The van der Waals surface area contributed by atoms with Crippen LogP contribution in [0.25, 0.3) is 11.3 Å². The summed E-state index contributed by atoms with van der Waals surface area (Å²) in [6.07, 6.45) is 3.73. The lowest BCUT2D eigenvalue weighted by Gasteiger charge is -2.28. The Morgan fingerprint density at radius 1 is 1.00 bits per heavy atom. The van der Waals surface area contributed by atoms with E-state index in [0.717, 1.165) is 34.2 Å². The highest BCUT2D eigenvalue weighted by molar-refractivity contribution is 5.80. The number of benzene rings is 2. The summed E-state index contributed by atoms with van der Waals surface area (Å²) in [4.78, 5) is 23.6. The highest BCUT2D eigenvalue weighted by Crippen LogP contribution is 2.33. The Kier molecular flexibility index (Phi) is 5.60. The highest BCUT2D eigenvalue weighted by atomic mass is 19.1. The van der Waals surface area contributed by atoms with E-state index in [2.05, 4.69) is 14.9 Å². The van der Waals surface area contributed by atoms with Gasteiger partial charge in [0.05, 0.1) is 13.0 Å². The van der Waals surface area contributed by atoms with Crippen molar-refractivity contribution in [1.29, 1.82) is 0 Å². The topological polar surface area (TPSA) is 63.1 Å². The summed E-state index contributed by atoms with van der Waals surface area (Å²) < 4.78 is 15.7. The fourth-order valence-electron chi connectivity index (χ4n) is 4.04. The molecule has 5 rings (SSSR count). The van der Waals surface area contributed by atoms with Gasteiger partial charge in [-0.05, 0) is 61.0 Å². The Labute approximate surface area is 191 Å². The molecule has 33 heavy (non-hydrogen) atoms. The molecule has 1 aliphatic heterocycles. The van der Waals surface area contributed by atoms with Crippen LogP contribution >= 0.6 is 0 Å². The van der Waals surface area contributed by atoms with E-state index in [1.807, 2.05) is 48.2 Å². The Balaban J connectivity index is 1.46. The van der Waals surface area contributed by atoms with Crippen molar-refractivity contribution in [1.82, 2.24) is 19.4 Å². The van der Waals surface area contributed by atoms with Crippen LogP contribution in [0.2, 0.25) is 0 Å². The van der Waals surface area contributed by atoms with Crippen LogP contribution in [0.4, 0.5) is 15.9 Å². The van der Waals surface area contributed by atoms with Gasteiger partial charge in [0, 0.05) is 36.7 Å². The number of carbonyl (C=O) groups is 1. The third-order valence-corrected chi connectivity index (χ3v) is 5.86. The van der Waals surface area contributed by atoms with Gasteiger partial charge in [0.15, 0.2) is 0 Å². The van der Waals surface area contributed by atoms with Gasteiger partial charge in [0.2, 0.25) is 5.91 Å². The van der Waals surface area contributed by atoms with Crippen molar-refractivity contribution >= 4 is 17.4 Å². The molecule has 0 fully saturated rings. The Morgan fingerprint density at radius 2 is 1.73 bits per heavy atom. The number of hydrogen-bond acceptors (Lipinski definition) is 4. The van der Waals surface area contributed by atoms with Crippen LogP contribution in [0.3, 0.4) is 0 Å². The minimum Gasteiger partial charge on any atom is -0.340 e. The predicted octanol–water partition coefficient (Wildman–Crippen LogP) is 4.72. The van der Waals surface area contributed by atoms with E-state index in [9.17, 15) is 9.18 Å². The molecule has 0 spiro atoms. The summed E-state index contributed by atoms with van der Waals surface area (Å²) in [5, 5.41) is 3.50. The summed E-state index contributed by atoms with van der Waals surface area (Å²) in [5.74, 6) is 1.43. The van der Waals surface area contributed by atoms with Crippen molar-refractivity contribution in [2.45, 2.75) is 26.4 Å². The number of halogens is 1. The third kappa shape index (κ3) is 4.48. The number of hydrogen-bond donors (Lipinski definition) is 1. The monoisotopic (exact) mass is 441 g/mol. The lowest BCUT2D eigenvalue weighted by atomic mass is 10.1. The number of nitrogens with zero attached hydrogens (tertiary/aromatic N) is 4. The molecule has 1 aliphatic rings. The standard InChI is InChI=1S/C26H24FN5O/c1-18-2-8-22(9-3-18)29-26-25(20-4-6-21(27)7-5-20)30-23-17-31(14-15-32(23)26)24(33)16-19-10-12-28-13-11-19/h2-13,29H,14-17H2,1H3. The summed E-state index contributed by atoms with van der Waals surface area (Å²) >= 11 is 0. The Hall–Kier alpha value is -4.00. The number of anilines is 2. The maximum Gasteiger partial charge on any atom is 0.227 e. The first-order valence-electron chi connectivity index (χ1n) is 10.9. The van der Waals surface area contributed by atoms with Crippen LogP contribution in [0, 0.1) is 12.7 Å². The molecule has 7 heteroatoms. The van der Waals surface area contributed by atoms with E-state index in [-0.39, 0.29) is 11.7 Å². The molecular formula is C26H24FN5O. The van der Waals surface area contributed by atoms with Gasteiger partial charge in [-0.25, -0.2) is 9.37 Å². The van der Waals surface area contributed by atoms with E-state index < -0.39 is 0 Å². The van der Waals surface area contributed by atoms with Crippen molar-refractivity contribution in [2.24, 2.45) is 0 Å². The zero-order valence-corrected chi connectivity index (χ0v) is 18.3. The minimum atomic E-state index is -0.288. The van der Waals surface area contributed by atoms with Crippen molar-refractivity contribution < 1.29 is 9.18 Å². The number of carbonyl (C=O) groups excluding carboxylic acids is 1. The average molecular weight is 442 g/mol. The molecule has 0 bridgehead atoms. The van der Waals surface area contributed by atoms with Gasteiger partial charge in [0.25, 0.3) is 0 Å². The van der Waals surface area contributed by atoms with Crippen molar-refractivity contribution in [2.75, 3.05) is 11.9 Å². The van der Waals surface area contributed by atoms with Gasteiger partial charge in [0.1, 0.15) is 23.2 Å². The van der Waals surface area contributed by atoms with Crippen molar-refractivity contribution in [3.63, 3.8) is 0 Å². The smallest absolute Gasteiger partial charge is 0.227 e. The first-order valence-corrected chi connectivity index (χ1v) is 10.9. The number of imidazole rings is 1. The van der Waals surface area contributed by atoms with Crippen LogP contribution in [0.15, 0.2) is 73.1 Å². The molecule has 0 saturated carbocycles. The molecular weight excluding hydrogens is 417 g/mol. The second-order valence-corrected chi connectivity index (χ2v) is 8.22. The second kappa shape index (κ2) is 8.86. The number of aromatic nitrogens is 3. The molecule has 0 atom stereocenters. The molecule has 6 nitrogen and oxygen atoms in total. The Morgan fingerprint density at radius 3 is 2.45 bits per heavy atom. The molecule has 2 aromatic heterocycles. The average Bonchev–Trinajstić information content (AvgIpc) is 3.19. The van der Waals surface area contributed by atoms with Crippen LogP contribution in [-0.4, -0.2) is 31.9 Å². The summed E-state index contributed by atoms with van der Waals surface area (Å²) in [6, 6.07) is 18.2. The number of aryl methyl sites for hydroxylation is 1. The number of fused-ring (bicyclic) bond motifs is 1. The molecule has 2 aromatic carbocycles. The lowest BCUT2D eigenvalue weighted by Crippen LogP contribution is -2.39. The van der Waals surface area contributed by atoms with Crippen LogP contribution in [0.5, 0.6) is 0 Å². The molecule has 0 radical (unpaired) electrons. The SMILES string of the molecule is Cc1ccc(Nc2c(-c3ccc(F)cc3)nc3n2CCN(C(=O)Cc2ccncc2)C3)cc1. The van der Waals surface area contributed by atoms with E-state index in [1.165, 1.54) is 17.7 Å². The number of amides is 1. The summed E-state index contributed by atoms with van der Waals surface area (Å²) in [7, 11) is 0. The molecule has 3 heterocycles. The normalized spacial score (nSPS) is 13.0. The second-order valence-electron chi connectivity index (χ2n) is 8.22. The summed E-state index contributed by atoms with van der Waals surface area (Å²) in [6.45, 7) is 3.69. The first kappa shape index (κ1) is 20.9. The van der Waals surface area contributed by atoms with Gasteiger partial charge in [-0.15, -0.1) is 0 Å². The zero-order chi connectivity index (χ0) is 22.8. The first-order chi connectivity index (χ1) is 16.1. The van der Waals surface area contributed by atoms with Gasteiger partial charge in [-0.3, -0.25) is 9.78 Å². The molecule has 1 N–H and O–H groups in total. The maximum absolute atomic E-state index is 13.5. The predicted molar refractivity (Wildman–Crippen MR) is 125 cm³/mol. The van der Waals surface area contributed by atoms with Gasteiger partial charge in [-0.1, -0.05) is 17.7 Å². The van der Waals surface area contributed by atoms with Crippen molar-refractivity contribution in [3.8, 4) is 11.3 Å². The lowest BCUT2D eigenvalue weighted by molar-refractivity contribution is -0.132. The molecule has 0 unspecified atom stereocenters. The van der Waals surface area contributed by atoms with Gasteiger partial charge in [-0.2, -0.15) is 0 Å². The molecule has 166 valence electrons. The van der Waals surface area contributed by atoms with E-state index >= 15 is 0 Å². The molecule has 1 amide bonds. The van der Waals surface area contributed by atoms with Crippen LogP contribution in [0.1, 0.15) is 17.0 Å². The highest BCUT2D eigenvalue weighted by Gasteiger charge is 2.27. The van der Waals surface area contributed by atoms with Gasteiger partial charge >= 0.3 is 0 Å². The fourth-order valence-corrected chi connectivity index (χ4v) is 4.04. The third-order valence-electron chi connectivity index (χ3n) is 5.86. The molecule has 0 aliphatic carbocycles. The quantitative estimate of drug-likeness (QED) is 0.487. The van der Waals surface area contributed by atoms with Gasteiger partial charge < -0.3 is 14.8 Å². The minimum absolute atomic E-state index is 0.0619. The van der Waals surface area contributed by atoms with Crippen LogP contribution < -0.4 is 5.32 Å². The summed E-state index contributed by atoms with van der Waals surface area (Å²) in [5.41, 5.74) is 4.63. The number of nitrogens with one attached hydrogen (secondary N) is 1. The number of pyridine rings is 1. The maximum atomic E-state index is 13.5. The largest absolute Gasteiger partial charge is 0.340 e. The molecule has 4 aromatic rings. The van der Waals surface area contributed by atoms with E-state index in [1.54, 1.807) is 24.5 Å². The number of rotatable bonds is 5. The Bertz CT molecular complexity index is 1270. The van der Waals surface area contributed by atoms with E-state index in [4.69, 9.17) is 4.98 Å². The van der Waals surface area contributed by atoms with Crippen molar-refractivity contribution in [3.05, 3.63) is 95.8 Å². The molecule has 0 saturated heterocycles.